The van der Waals surface area contributed by atoms with Crippen molar-refractivity contribution in [3.63, 3.8) is 0 Å². The number of anilines is 1. The van der Waals surface area contributed by atoms with Crippen molar-refractivity contribution in [1.82, 2.24) is 0 Å². The van der Waals surface area contributed by atoms with E-state index in [9.17, 15) is 32.6 Å². The molecule has 0 fully saturated rings. The number of carbonyl (C=O) groups excluding carboxylic acids is 1. The summed E-state index contributed by atoms with van der Waals surface area (Å²) in [6.07, 6.45) is 0.811. The van der Waals surface area contributed by atoms with Crippen LogP contribution < -0.4 is 14.8 Å². The molecule has 0 radical (unpaired) electrons. The van der Waals surface area contributed by atoms with Crippen molar-refractivity contribution < 1.29 is 46.8 Å². The van der Waals surface area contributed by atoms with E-state index in [-0.39, 0.29) is 30.1 Å². The topological polar surface area (TPSA) is 110 Å². The number of rotatable bonds is 11. The molecule has 0 atom stereocenters. The number of esters is 1. The average molecular weight is 591 g/mol. The zero-order chi connectivity index (χ0) is 31.1. The summed E-state index contributed by atoms with van der Waals surface area (Å²) in [5, 5.41) is 23.6. The van der Waals surface area contributed by atoms with Gasteiger partial charge in [0, 0.05) is 41.1 Å². The zero-order valence-electron chi connectivity index (χ0n) is 23.6. The molecule has 0 bridgehead atoms. The number of aliphatic hydroxyl groups excluding tert-OH is 2. The standard InChI is InChI=1S/C30H30F4N2O6/c1-6-42-30(39)20(29(38)25-15(2)27(33)28(34)16(3)26(25)32)13-36-22-11-23(21(31)9-18(22)14-37)35-12-17-7-8-19(40-4)10-24(17)41-5/h7-11,13,35,37-38H,6,12,14H2,1-5H3. The molecule has 0 aliphatic rings. The highest BCUT2D eigenvalue weighted by atomic mass is 19.2. The number of hydrogen-bond acceptors (Lipinski definition) is 8. The number of ether oxygens (including phenoxy) is 3. The Morgan fingerprint density at radius 1 is 0.976 bits per heavy atom. The Bertz CT molecular complexity index is 1530. The van der Waals surface area contributed by atoms with Crippen molar-refractivity contribution in [3.05, 3.63) is 87.0 Å². The molecule has 0 spiro atoms. The van der Waals surface area contributed by atoms with Crippen LogP contribution in [0.25, 0.3) is 5.76 Å². The van der Waals surface area contributed by atoms with E-state index in [4.69, 9.17) is 14.2 Å². The van der Waals surface area contributed by atoms with Gasteiger partial charge in [-0.15, -0.1) is 0 Å². The van der Waals surface area contributed by atoms with Crippen LogP contribution in [0.1, 0.15) is 34.7 Å². The first-order valence-electron chi connectivity index (χ1n) is 12.6. The third-order valence-electron chi connectivity index (χ3n) is 6.40. The monoisotopic (exact) mass is 590 g/mol. The molecular weight excluding hydrogens is 560 g/mol. The molecular formula is C30H30F4N2O6. The summed E-state index contributed by atoms with van der Waals surface area (Å²) >= 11 is 0. The summed E-state index contributed by atoms with van der Waals surface area (Å²) in [5.41, 5.74) is -2.08. The van der Waals surface area contributed by atoms with Gasteiger partial charge in [0.25, 0.3) is 0 Å². The third-order valence-corrected chi connectivity index (χ3v) is 6.40. The molecule has 12 heteroatoms. The first kappa shape index (κ1) is 31.9. The van der Waals surface area contributed by atoms with E-state index < -0.39 is 63.9 Å². The second-order valence-corrected chi connectivity index (χ2v) is 8.96. The Morgan fingerprint density at radius 2 is 1.67 bits per heavy atom. The third kappa shape index (κ3) is 6.65. The van der Waals surface area contributed by atoms with Crippen LogP contribution in [0.5, 0.6) is 11.5 Å². The average Bonchev–Trinajstić information content (AvgIpc) is 2.98. The molecule has 224 valence electrons. The van der Waals surface area contributed by atoms with Crippen LogP contribution >= 0.6 is 0 Å². The smallest absolute Gasteiger partial charge is 0.343 e. The van der Waals surface area contributed by atoms with Crippen LogP contribution in [-0.2, 0) is 22.7 Å². The molecule has 0 aliphatic carbocycles. The van der Waals surface area contributed by atoms with E-state index in [1.807, 2.05) is 0 Å². The number of aliphatic imine (C=N–C) groups is 1. The van der Waals surface area contributed by atoms with Gasteiger partial charge in [-0.05, 0) is 45.0 Å². The number of carbonyl (C=O) groups is 1. The maximum atomic E-state index is 15.0. The lowest BCUT2D eigenvalue weighted by molar-refractivity contribution is -0.137. The Morgan fingerprint density at radius 3 is 2.29 bits per heavy atom. The minimum absolute atomic E-state index is 0.0173. The van der Waals surface area contributed by atoms with Gasteiger partial charge in [-0.2, -0.15) is 0 Å². The Balaban J connectivity index is 2.08. The number of nitrogens with one attached hydrogen (secondary N) is 1. The maximum Gasteiger partial charge on any atom is 0.343 e. The number of halogens is 4. The van der Waals surface area contributed by atoms with Crippen molar-refractivity contribution in [2.75, 3.05) is 26.1 Å². The molecule has 3 aromatic carbocycles. The Kier molecular flexibility index (Phi) is 10.5. The number of methoxy groups -OCH3 is 2. The summed E-state index contributed by atoms with van der Waals surface area (Å²) in [6.45, 7) is 2.83. The summed E-state index contributed by atoms with van der Waals surface area (Å²) in [4.78, 5) is 16.8. The molecule has 42 heavy (non-hydrogen) atoms. The van der Waals surface area contributed by atoms with Crippen LogP contribution in [0, 0.1) is 37.1 Å². The van der Waals surface area contributed by atoms with Crippen LogP contribution in [0.4, 0.5) is 28.9 Å². The number of aliphatic hydroxyl groups is 2. The number of nitrogens with zero attached hydrogens (tertiary/aromatic N) is 1. The molecule has 0 saturated carbocycles. The van der Waals surface area contributed by atoms with Gasteiger partial charge in [0.05, 0.1) is 44.4 Å². The van der Waals surface area contributed by atoms with E-state index in [0.717, 1.165) is 26.1 Å². The van der Waals surface area contributed by atoms with Gasteiger partial charge in [-0.3, -0.25) is 4.99 Å². The van der Waals surface area contributed by atoms with Crippen molar-refractivity contribution in [2.45, 2.75) is 33.9 Å². The molecule has 8 nitrogen and oxygen atoms in total. The fourth-order valence-corrected chi connectivity index (χ4v) is 4.03. The predicted octanol–water partition coefficient (Wildman–Crippen LogP) is 6.22. The van der Waals surface area contributed by atoms with Gasteiger partial charge in [0.2, 0.25) is 0 Å². The Labute approximate surface area is 239 Å². The molecule has 0 unspecified atom stereocenters. The lowest BCUT2D eigenvalue weighted by Crippen LogP contribution is -2.14. The van der Waals surface area contributed by atoms with Crippen molar-refractivity contribution >= 4 is 29.3 Å². The van der Waals surface area contributed by atoms with Gasteiger partial charge >= 0.3 is 5.97 Å². The van der Waals surface area contributed by atoms with Gasteiger partial charge < -0.3 is 29.7 Å². The molecule has 0 aliphatic heterocycles. The minimum atomic E-state index is -1.43. The summed E-state index contributed by atoms with van der Waals surface area (Å²) in [6, 6.07) is 7.36. The van der Waals surface area contributed by atoms with Gasteiger partial charge in [-0.1, -0.05) is 0 Å². The highest BCUT2D eigenvalue weighted by Gasteiger charge is 2.26. The van der Waals surface area contributed by atoms with E-state index in [1.54, 1.807) is 18.2 Å². The van der Waals surface area contributed by atoms with Crippen molar-refractivity contribution in [3.8, 4) is 11.5 Å². The largest absolute Gasteiger partial charge is 0.506 e. The molecule has 0 amide bonds. The molecule has 0 saturated heterocycles. The molecule has 0 heterocycles. The predicted molar refractivity (Wildman–Crippen MR) is 149 cm³/mol. The van der Waals surface area contributed by atoms with Crippen LogP contribution in [0.3, 0.4) is 0 Å². The molecule has 3 rings (SSSR count). The fraction of sp³-hybridized carbons (Fsp3) is 0.267. The normalized spacial score (nSPS) is 11.9. The van der Waals surface area contributed by atoms with Crippen molar-refractivity contribution in [2.24, 2.45) is 4.99 Å². The summed E-state index contributed by atoms with van der Waals surface area (Å²) in [5.74, 6) is -5.97. The van der Waals surface area contributed by atoms with E-state index in [1.165, 1.54) is 27.2 Å². The van der Waals surface area contributed by atoms with Crippen LogP contribution in [0.15, 0.2) is 40.9 Å². The summed E-state index contributed by atoms with van der Waals surface area (Å²) < 4.78 is 73.8. The van der Waals surface area contributed by atoms with Crippen molar-refractivity contribution in [1.29, 1.82) is 0 Å². The van der Waals surface area contributed by atoms with Gasteiger partial charge in [0.1, 0.15) is 34.5 Å². The zero-order valence-corrected chi connectivity index (χ0v) is 23.6. The fourth-order valence-electron chi connectivity index (χ4n) is 4.03. The molecule has 0 aromatic heterocycles. The number of benzene rings is 3. The van der Waals surface area contributed by atoms with Gasteiger partial charge in [0.15, 0.2) is 11.6 Å². The van der Waals surface area contributed by atoms with Gasteiger partial charge in [-0.25, -0.2) is 22.4 Å². The van der Waals surface area contributed by atoms with Crippen LogP contribution in [-0.4, -0.2) is 43.2 Å². The first-order chi connectivity index (χ1) is 20.0. The quantitative estimate of drug-likeness (QED) is 0.0608. The SMILES string of the molecule is CCOC(=O)C(C=Nc1cc(NCc2ccc(OC)cc2OC)c(F)cc1CO)=C(O)c1c(C)c(F)c(F)c(C)c1F. The van der Waals surface area contributed by atoms with E-state index in [0.29, 0.717) is 17.1 Å². The van der Waals surface area contributed by atoms with E-state index in [2.05, 4.69) is 10.3 Å². The second kappa shape index (κ2) is 13.9. The second-order valence-electron chi connectivity index (χ2n) is 8.96. The first-order valence-corrected chi connectivity index (χ1v) is 12.6. The lowest BCUT2D eigenvalue weighted by Gasteiger charge is -2.15. The number of hydrogen-bond donors (Lipinski definition) is 3. The van der Waals surface area contributed by atoms with E-state index >= 15 is 0 Å². The Hall–Kier alpha value is -4.58. The molecule has 3 N–H and O–H groups in total. The minimum Gasteiger partial charge on any atom is -0.506 e. The molecule has 3 aromatic rings. The maximum absolute atomic E-state index is 15.0. The lowest BCUT2D eigenvalue weighted by atomic mass is 9.99. The summed E-state index contributed by atoms with van der Waals surface area (Å²) in [7, 11) is 2.98. The van der Waals surface area contributed by atoms with Crippen LogP contribution in [0.2, 0.25) is 0 Å². The highest BCUT2D eigenvalue weighted by Crippen LogP contribution is 2.32. The highest BCUT2D eigenvalue weighted by molar-refractivity contribution is 6.15.